The van der Waals surface area contributed by atoms with E-state index < -0.39 is 0 Å². The molecule has 3 heteroatoms. The van der Waals surface area contributed by atoms with E-state index in [1.165, 1.54) is 5.75 Å². The van der Waals surface area contributed by atoms with Crippen LogP contribution in [0.25, 0.3) is 0 Å². The molecule has 1 heterocycles. The van der Waals surface area contributed by atoms with Crippen molar-refractivity contribution >= 4 is 17.5 Å². The first-order valence-electron chi connectivity index (χ1n) is 5.28. The molecular weight excluding hydrogens is 194 g/mol. The van der Waals surface area contributed by atoms with Gasteiger partial charge in [-0.2, -0.15) is 11.8 Å². The monoisotopic (exact) mass is 215 g/mol. The van der Waals surface area contributed by atoms with Gasteiger partial charge in [0.1, 0.15) is 5.78 Å². The van der Waals surface area contributed by atoms with E-state index in [1.54, 1.807) is 6.92 Å². The third kappa shape index (κ3) is 3.62. The van der Waals surface area contributed by atoms with Crippen molar-refractivity contribution in [1.29, 1.82) is 0 Å². The van der Waals surface area contributed by atoms with Crippen molar-refractivity contribution in [3.8, 4) is 0 Å². The van der Waals surface area contributed by atoms with E-state index in [0.29, 0.717) is 23.0 Å². The SMILES string of the molecule is CC(=O)CC(C)N1CCSC(C)(C)C1. The van der Waals surface area contributed by atoms with Crippen LogP contribution in [-0.2, 0) is 4.79 Å². The Hall–Kier alpha value is -0.0200. The van der Waals surface area contributed by atoms with Crippen molar-refractivity contribution in [2.45, 2.75) is 44.9 Å². The van der Waals surface area contributed by atoms with E-state index in [0.717, 1.165) is 13.1 Å². The molecule has 0 aromatic heterocycles. The zero-order valence-corrected chi connectivity index (χ0v) is 10.5. The summed E-state index contributed by atoms with van der Waals surface area (Å²) in [7, 11) is 0. The fourth-order valence-electron chi connectivity index (χ4n) is 1.97. The molecule has 0 aliphatic carbocycles. The highest BCUT2D eigenvalue weighted by Gasteiger charge is 2.29. The largest absolute Gasteiger partial charge is 0.300 e. The van der Waals surface area contributed by atoms with Crippen LogP contribution in [0.2, 0.25) is 0 Å². The summed E-state index contributed by atoms with van der Waals surface area (Å²) in [5, 5.41) is 0. The Bertz CT molecular complexity index is 215. The third-order valence-corrected chi connectivity index (χ3v) is 3.96. The van der Waals surface area contributed by atoms with Gasteiger partial charge in [0.15, 0.2) is 0 Å². The molecule has 0 amide bonds. The highest BCUT2D eigenvalue weighted by molar-refractivity contribution is 8.00. The summed E-state index contributed by atoms with van der Waals surface area (Å²) >= 11 is 2.03. The van der Waals surface area contributed by atoms with E-state index >= 15 is 0 Å². The lowest BCUT2D eigenvalue weighted by Gasteiger charge is -2.40. The van der Waals surface area contributed by atoms with Gasteiger partial charge in [-0.3, -0.25) is 9.69 Å². The zero-order valence-electron chi connectivity index (χ0n) is 9.67. The van der Waals surface area contributed by atoms with Crippen LogP contribution in [-0.4, -0.2) is 40.3 Å². The fourth-order valence-corrected chi connectivity index (χ4v) is 3.11. The Labute approximate surface area is 91.4 Å². The number of rotatable bonds is 3. The Morgan fingerprint density at radius 2 is 2.21 bits per heavy atom. The van der Waals surface area contributed by atoms with Gasteiger partial charge in [0.2, 0.25) is 0 Å². The van der Waals surface area contributed by atoms with Gasteiger partial charge in [-0.25, -0.2) is 0 Å². The van der Waals surface area contributed by atoms with E-state index in [-0.39, 0.29) is 0 Å². The summed E-state index contributed by atoms with van der Waals surface area (Å²) in [5.41, 5.74) is 0. The van der Waals surface area contributed by atoms with Crippen molar-refractivity contribution in [1.82, 2.24) is 4.90 Å². The molecule has 2 nitrogen and oxygen atoms in total. The molecule has 82 valence electrons. The van der Waals surface area contributed by atoms with E-state index in [1.807, 2.05) is 11.8 Å². The van der Waals surface area contributed by atoms with Crippen LogP contribution in [0.1, 0.15) is 34.1 Å². The second kappa shape index (κ2) is 4.67. The maximum Gasteiger partial charge on any atom is 0.131 e. The van der Waals surface area contributed by atoms with Crippen molar-refractivity contribution in [2.24, 2.45) is 0 Å². The number of nitrogens with zero attached hydrogens (tertiary/aromatic N) is 1. The standard InChI is InChI=1S/C11H21NOS/c1-9(7-10(2)13)12-5-6-14-11(3,4)8-12/h9H,5-8H2,1-4H3. The number of ketones is 1. The minimum absolute atomic E-state index is 0.300. The molecule has 14 heavy (non-hydrogen) atoms. The first-order chi connectivity index (χ1) is 6.41. The van der Waals surface area contributed by atoms with Crippen LogP contribution in [0.3, 0.4) is 0 Å². The van der Waals surface area contributed by atoms with Crippen LogP contribution in [0, 0.1) is 0 Å². The highest BCUT2D eigenvalue weighted by Crippen LogP contribution is 2.30. The van der Waals surface area contributed by atoms with Gasteiger partial charge in [0.05, 0.1) is 0 Å². The minimum atomic E-state index is 0.300. The van der Waals surface area contributed by atoms with Gasteiger partial charge in [0, 0.05) is 36.1 Å². The molecule has 1 unspecified atom stereocenters. The maximum absolute atomic E-state index is 11.0. The maximum atomic E-state index is 11.0. The lowest BCUT2D eigenvalue weighted by molar-refractivity contribution is -0.118. The van der Waals surface area contributed by atoms with Crippen LogP contribution >= 0.6 is 11.8 Å². The molecule has 0 aromatic carbocycles. The summed E-state index contributed by atoms with van der Waals surface area (Å²) in [6.45, 7) is 10.6. The molecule has 0 N–H and O–H groups in total. The first-order valence-corrected chi connectivity index (χ1v) is 6.27. The van der Waals surface area contributed by atoms with Gasteiger partial charge in [-0.1, -0.05) is 0 Å². The summed E-state index contributed by atoms with van der Waals surface area (Å²) in [6, 6.07) is 0.410. The van der Waals surface area contributed by atoms with Crippen LogP contribution in [0.15, 0.2) is 0 Å². The second-order valence-electron chi connectivity index (χ2n) is 4.83. The Morgan fingerprint density at radius 1 is 1.57 bits per heavy atom. The third-order valence-electron chi connectivity index (χ3n) is 2.66. The fraction of sp³-hybridized carbons (Fsp3) is 0.909. The molecule has 0 bridgehead atoms. The first kappa shape index (κ1) is 12.1. The molecule has 0 saturated carbocycles. The van der Waals surface area contributed by atoms with Crippen molar-refractivity contribution in [3.63, 3.8) is 0 Å². The van der Waals surface area contributed by atoms with Gasteiger partial charge < -0.3 is 0 Å². The average Bonchev–Trinajstić information content (AvgIpc) is 2.01. The zero-order chi connectivity index (χ0) is 10.8. The number of hydrogen-bond acceptors (Lipinski definition) is 3. The molecule has 0 radical (unpaired) electrons. The summed E-state index contributed by atoms with van der Waals surface area (Å²) in [5.74, 6) is 1.49. The number of carbonyl (C=O) groups is 1. The number of Topliss-reactive ketones (excluding diaryl/α,β-unsaturated/α-hetero) is 1. The second-order valence-corrected chi connectivity index (χ2v) is 6.64. The van der Waals surface area contributed by atoms with Crippen LogP contribution in [0.5, 0.6) is 0 Å². The summed E-state index contributed by atoms with van der Waals surface area (Å²) < 4.78 is 0.350. The lowest BCUT2D eigenvalue weighted by Crippen LogP contribution is -2.47. The van der Waals surface area contributed by atoms with Crippen molar-refractivity contribution in [2.75, 3.05) is 18.8 Å². The predicted octanol–water partition coefficient (Wildman–Crippen LogP) is 2.18. The van der Waals surface area contributed by atoms with Crippen molar-refractivity contribution < 1.29 is 4.79 Å². The van der Waals surface area contributed by atoms with E-state index in [9.17, 15) is 4.79 Å². The highest BCUT2D eigenvalue weighted by atomic mass is 32.2. The molecular formula is C11H21NOS. The molecule has 1 saturated heterocycles. The molecule has 1 aliphatic heterocycles. The molecule has 1 atom stereocenters. The number of thioether (sulfide) groups is 1. The van der Waals surface area contributed by atoms with Gasteiger partial charge in [0.25, 0.3) is 0 Å². The summed E-state index contributed by atoms with van der Waals surface area (Å²) in [6.07, 6.45) is 0.695. The number of hydrogen-bond donors (Lipinski definition) is 0. The quantitative estimate of drug-likeness (QED) is 0.720. The van der Waals surface area contributed by atoms with Crippen LogP contribution < -0.4 is 0 Å². The average molecular weight is 215 g/mol. The minimum Gasteiger partial charge on any atom is -0.300 e. The molecule has 1 rings (SSSR count). The Balaban J connectivity index is 2.47. The van der Waals surface area contributed by atoms with E-state index in [4.69, 9.17) is 0 Å². The molecule has 1 fully saturated rings. The van der Waals surface area contributed by atoms with Gasteiger partial charge >= 0.3 is 0 Å². The smallest absolute Gasteiger partial charge is 0.131 e. The van der Waals surface area contributed by atoms with Crippen molar-refractivity contribution in [3.05, 3.63) is 0 Å². The van der Waals surface area contributed by atoms with E-state index in [2.05, 4.69) is 25.7 Å². The number of carbonyl (C=O) groups excluding carboxylic acids is 1. The molecule has 1 aliphatic rings. The lowest BCUT2D eigenvalue weighted by atomic mass is 10.1. The predicted molar refractivity (Wildman–Crippen MR) is 62.9 cm³/mol. The summed E-state index contributed by atoms with van der Waals surface area (Å²) in [4.78, 5) is 13.5. The Morgan fingerprint density at radius 3 is 2.71 bits per heavy atom. The molecule has 0 spiro atoms. The van der Waals surface area contributed by atoms with Crippen LogP contribution in [0.4, 0.5) is 0 Å². The van der Waals surface area contributed by atoms with Gasteiger partial charge in [-0.15, -0.1) is 0 Å². The normalized spacial score (nSPS) is 24.6. The topological polar surface area (TPSA) is 20.3 Å². The molecule has 0 aromatic rings. The van der Waals surface area contributed by atoms with Gasteiger partial charge in [-0.05, 0) is 27.7 Å². The Kier molecular flexibility index (Phi) is 4.02.